The van der Waals surface area contributed by atoms with Gasteiger partial charge in [-0.05, 0) is 43.0 Å². The van der Waals surface area contributed by atoms with Crippen LogP contribution in [0.25, 0.3) is 0 Å². The molecule has 20 heavy (non-hydrogen) atoms. The predicted octanol–water partition coefficient (Wildman–Crippen LogP) is 4.56. The van der Waals surface area contributed by atoms with Crippen molar-refractivity contribution in [2.75, 3.05) is 20.1 Å². The summed E-state index contributed by atoms with van der Waals surface area (Å²) in [5.41, 5.74) is 1.37. The molecule has 1 fully saturated rings. The molecule has 0 N–H and O–H groups in total. The lowest BCUT2D eigenvalue weighted by atomic mass is 10.0. The fourth-order valence-corrected chi connectivity index (χ4v) is 2.11. The highest BCUT2D eigenvalue weighted by Gasteiger charge is 2.20. The van der Waals surface area contributed by atoms with Crippen molar-refractivity contribution >= 4 is 0 Å². The molecular formula is C18H31NO. The Hall–Kier alpha value is -1.02. The Morgan fingerprint density at radius 3 is 2.00 bits per heavy atom. The third kappa shape index (κ3) is 6.42. The molecular weight excluding hydrogens is 246 g/mol. The molecule has 1 aliphatic heterocycles. The Kier molecular flexibility index (Phi) is 7.08. The van der Waals surface area contributed by atoms with Gasteiger partial charge in [-0.1, -0.05) is 46.8 Å². The normalized spacial score (nSPS) is 19.1. The summed E-state index contributed by atoms with van der Waals surface area (Å²) < 4.78 is 5.94. The number of benzene rings is 1. The average Bonchev–Trinajstić information content (AvgIpc) is 2.75. The smallest absolute Gasteiger partial charge is 0.119 e. The van der Waals surface area contributed by atoms with Gasteiger partial charge < -0.3 is 9.64 Å². The second-order valence-electron chi connectivity index (χ2n) is 6.75. The molecule has 114 valence electrons. The van der Waals surface area contributed by atoms with E-state index in [1.807, 2.05) is 0 Å². The van der Waals surface area contributed by atoms with Crippen molar-refractivity contribution in [2.45, 2.75) is 53.1 Å². The molecule has 1 aromatic carbocycles. The van der Waals surface area contributed by atoms with E-state index in [1.54, 1.807) is 0 Å². The Morgan fingerprint density at radius 2 is 1.60 bits per heavy atom. The average molecular weight is 277 g/mol. The SMILES string of the molecule is CC(C)C.CC(C)c1ccc(OC2CCN(C)C2)cc1. The number of likely N-dealkylation sites (tertiary alicyclic amines) is 1. The van der Waals surface area contributed by atoms with Crippen LogP contribution in [0.2, 0.25) is 0 Å². The predicted molar refractivity (Wildman–Crippen MR) is 87.6 cm³/mol. The largest absolute Gasteiger partial charge is 0.489 e. The molecule has 2 heteroatoms. The van der Waals surface area contributed by atoms with Gasteiger partial charge in [0.2, 0.25) is 0 Å². The van der Waals surface area contributed by atoms with Crippen LogP contribution in [0.4, 0.5) is 0 Å². The van der Waals surface area contributed by atoms with Crippen LogP contribution in [0.5, 0.6) is 5.75 Å². The molecule has 0 spiro atoms. The van der Waals surface area contributed by atoms with Gasteiger partial charge in [0.25, 0.3) is 0 Å². The van der Waals surface area contributed by atoms with Gasteiger partial charge in [-0.15, -0.1) is 0 Å². The van der Waals surface area contributed by atoms with E-state index in [4.69, 9.17) is 4.74 Å². The first-order valence-electron chi connectivity index (χ1n) is 7.83. The van der Waals surface area contributed by atoms with Crippen LogP contribution in [0.3, 0.4) is 0 Å². The summed E-state index contributed by atoms with van der Waals surface area (Å²) in [5, 5.41) is 0. The lowest BCUT2D eigenvalue weighted by molar-refractivity contribution is 0.208. The summed E-state index contributed by atoms with van der Waals surface area (Å²) in [6, 6.07) is 8.51. The Bertz CT molecular complexity index is 367. The second-order valence-corrected chi connectivity index (χ2v) is 6.75. The van der Waals surface area contributed by atoms with E-state index in [-0.39, 0.29) is 0 Å². The van der Waals surface area contributed by atoms with E-state index in [0.717, 1.165) is 31.2 Å². The summed E-state index contributed by atoms with van der Waals surface area (Å²) in [6.45, 7) is 13.1. The third-order valence-electron chi connectivity index (χ3n) is 3.20. The molecule has 1 atom stereocenters. The van der Waals surface area contributed by atoms with Crippen molar-refractivity contribution in [3.05, 3.63) is 29.8 Å². The highest BCUT2D eigenvalue weighted by Crippen LogP contribution is 2.21. The maximum Gasteiger partial charge on any atom is 0.119 e. The van der Waals surface area contributed by atoms with Crippen molar-refractivity contribution in [2.24, 2.45) is 5.92 Å². The maximum atomic E-state index is 5.94. The van der Waals surface area contributed by atoms with Crippen LogP contribution >= 0.6 is 0 Å². The lowest BCUT2D eigenvalue weighted by Crippen LogP contribution is -2.21. The molecule has 1 aromatic rings. The summed E-state index contributed by atoms with van der Waals surface area (Å²) in [5.74, 6) is 2.43. The van der Waals surface area contributed by atoms with Crippen molar-refractivity contribution in [3.8, 4) is 5.75 Å². The molecule has 1 saturated heterocycles. The Labute approximate surface area is 125 Å². The lowest BCUT2D eigenvalue weighted by Gasteiger charge is -2.14. The first-order chi connectivity index (χ1) is 9.38. The first kappa shape index (κ1) is 17.0. The first-order valence-corrected chi connectivity index (χ1v) is 7.83. The summed E-state index contributed by atoms with van der Waals surface area (Å²) in [4.78, 5) is 2.31. The summed E-state index contributed by atoms with van der Waals surface area (Å²) in [7, 11) is 2.14. The minimum absolute atomic E-state index is 0.370. The number of hydrogen-bond acceptors (Lipinski definition) is 2. The molecule has 2 nitrogen and oxygen atoms in total. The van der Waals surface area contributed by atoms with Gasteiger partial charge in [0.15, 0.2) is 0 Å². The highest BCUT2D eigenvalue weighted by atomic mass is 16.5. The summed E-state index contributed by atoms with van der Waals surface area (Å²) in [6.07, 6.45) is 1.51. The topological polar surface area (TPSA) is 12.5 Å². The number of ether oxygens (including phenoxy) is 1. The molecule has 0 bridgehead atoms. The molecule has 1 heterocycles. The standard InChI is InChI=1S/C14H21NO.C4H10/c1-11(2)12-4-6-13(7-5-12)16-14-8-9-15(3)10-14;1-4(2)3/h4-7,11,14H,8-10H2,1-3H3;4H,1-3H3. The number of nitrogens with zero attached hydrogens (tertiary/aromatic N) is 1. The van der Waals surface area contributed by atoms with Gasteiger partial charge >= 0.3 is 0 Å². The Morgan fingerprint density at radius 1 is 1.05 bits per heavy atom. The van der Waals surface area contributed by atoms with Crippen molar-refractivity contribution in [3.63, 3.8) is 0 Å². The van der Waals surface area contributed by atoms with Gasteiger partial charge in [0, 0.05) is 13.1 Å². The molecule has 0 saturated carbocycles. The maximum absolute atomic E-state index is 5.94. The van der Waals surface area contributed by atoms with Gasteiger partial charge in [0.05, 0.1) is 0 Å². The van der Waals surface area contributed by atoms with Crippen molar-refractivity contribution < 1.29 is 4.74 Å². The molecule has 0 aromatic heterocycles. The Balaban J connectivity index is 0.000000444. The van der Waals surface area contributed by atoms with Gasteiger partial charge in [0.1, 0.15) is 11.9 Å². The van der Waals surface area contributed by atoms with Crippen molar-refractivity contribution in [1.82, 2.24) is 4.90 Å². The van der Waals surface area contributed by atoms with E-state index in [1.165, 1.54) is 5.56 Å². The van der Waals surface area contributed by atoms with Crippen molar-refractivity contribution in [1.29, 1.82) is 0 Å². The van der Waals surface area contributed by atoms with Crippen LogP contribution in [-0.4, -0.2) is 31.1 Å². The van der Waals surface area contributed by atoms with Gasteiger partial charge in [-0.25, -0.2) is 0 Å². The summed E-state index contributed by atoms with van der Waals surface area (Å²) >= 11 is 0. The van der Waals surface area contributed by atoms with Gasteiger partial charge in [-0.3, -0.25) is 0 Å². The number of likely N-dealkylation sites (N-methyl/N-ethyl adjacent to an activating group) is 1. The van der Waals surface area contributed by atoms with Crippen LogP contribution < -0.4 is 4.74 Å². The molecule has 2 rings (SSSR count). The third-order valence-corrected chi connectivity index (χ3v) is 3.20. The quantitative estimate of drug-likeness (QED) is 0.803. The van der Waals surface area contributed by atoms with E-state index in [0.29, 0.717) is 12.0 Å². The zero-order chi connectivity index (χ0) is 15.1. The fraction of sp³-hybridized carbons (Fsp3) is 0.667. The van der Waals surface area contributed by atoms with Crippen LogP contribution in [-0.2, 0) is 0 Å². The molecule has 1 aliphatic rings. The fourth-order valence-electron chi connectivity index (χ4n) is 2.11. The van der Waals surface area contributed by atoms with Crippen LogP contribution in [0.1, 0.15) is 52.5 Å². The minimum Gasteiger partial charge on any atom is -0.489 e. The molecule has 0 aliphatic carbocycles. The van der Waals surface area contributed by atoms with Crippen LogP contribution in [0, 0.1) is 5.92 Å². The monoisotopic (exact) mass is 277 g/mol. The molecule has 1 unspecified atom stereocenters. The van der Waals surface area contributed by atoms with E-state index in [9.17, 15) is 0 Å². The highest BCUT2D eigenvalue weighted by molar-refractivity contribution is 5.29. The van der Waals surface area contributed by atoms with E-state index >= 15 is 0 Å². The van der Waals surface area contributed by atoms with E-state index < -0.39 is 0 Å². The second kappa shape index (κ2) is 8.31. The van der Waals surface area contributed by atoms with E-state index in [2.05, 4.69) is 70.8 Å². The zero-order valence-corrected chi connectivity index (χ0v) is 14.0. The molecule has 0 amide bonds. The zero-order valence-electron chi connectivity index (χ0n) is 14.0. The van der Waals surface area contributed by atoms with Gasteiger partial charge in [-0.2, -0.15) is 0 Å². The number of hydrogen-bond donors (Lipinski definition) is 0. The minimum atomic E-state index is 0.370. The molecule has 0 radical (unpaired) electrons. The number of rotatable bonds is 3. The van der Waals surface area contributed by atoms with Crippen LogP contribution in [0.15, 0.2) is 24.3 Å².